The number of carbonyl (C=O) groups is 1. The van der Waals surface area contributed by atoms with Crippen LogP contribution in [-0.2, 0) is 10.0 Å². The van der Waals surface area contributed by atoms with Gasteiger partial charge in [0.15, 0.2) is 0 Å². The summed E-state index contributed by atoms with van der Waals surface area (Å²) in [4.78, 5) is 12.4. The fraction of sp³-hybridized carbons (Fsp3) is 0.182. The fourth-order valence-corrected chi connectivity index (χ4v) is 3.98. The monoisotopic (exact) mass is 492 g/mol. The maximum atomic E-state index is 12.4. The fourth-order valence-electron chi connectivity index (χ4n) is 3.18. The van der Waals surface area contributed by atoms with Crippen LogP contribution in [0.4, 0.5) is 5.69 Å². The van der Waals surface area contributed by atoms with Gasteiger partial charge in [-0.2, -0.15) is 5.10 Å². The highest BCUT2D eigenvalue weighted by Gasteiger charge is 2.13. The lowest BCUT2D eigenvalue weighted by atomic mass is 10.2. The minimum atomic E-state index is -3.37. The van der Waals surface area contributed by atoms with Gasteiger partial charge in [0.2, 0.25) is 10.0 Å². The summed E-state index contributed by atoms with van der Waals surface area (Å²) in [5.74, 6) is -0.409. The van der Waals surface area contributed by atoms with Gasteiger partial charge in [-0.3, -0.25) is 9.10 Å². The molecule has 0 radical (unpaired) electrons. The van der Waals surface area contributed by atoms with Crippen molar-refractivity contribution in [1.82, 2.24) is 9.99 Å². The molecule has 0 bridgehead atoms. The summed E-state index contributed by atoms with van der Waals surface area (Å²) >= 11 is 12.2. The molecule has 0 saturated heterocycles. The first-order valence-electron chi connectivity index (χ1n) is 9.51. The number of aromatic nitrogens is 1. The normalized spacial score (nSPS) is 11.7. The minimum Gasteiger partial charge on any atom is -0.318 e. The van der Waals surface area contributed by atoms with Crippen molar-refractivity contribution in [3.63, 3.8) is 0 Å². The van der Waals surface area contributed by atoms with E-state index in [1.165, 1.54) is 19.2 Å². The van der Waals surface area contributed by atoms with E-state index in [-0.39, 0.29) is 0 Å². The molecular weight excluding hydrogens is 471 g/mol. The van der Waals surface area contributed by atoms with E-state index in [0.29, 0.717) is 21.3 Å². The molecule has 7 nitrogen and oxygen atoms in total. The van der Waals surface area contributed by atoms with Crippen molar-refractivity contribution in [3.8, 4) is 5.69 Å². The van der Waals surface area contributed by atoms with Crippen LogP contribution in [0.15, 0.2) is 53.6 Å². The second-order valence-corrected chi connectivity index (χ2v) is 10.1. The molecular formula is C22H22Cl2N4O3S. The Kier molecular flexibility index (Phi) is 6.97. The quantitative estimate of drug-likeness (QED) is 0.404. The number of nitrogens with one attached hydrogen (secondary N) is 1. The summed E-state index contributed by atoms with van der Waals surface area (Å²) in [5.41, 5.74) is 6.91. The molecule has 32 heavy (non-hydrogen) atoms. The van der Waals surface area contributed by atoms with Gasteiger partial charge in [0.05, 0.1) is 28.2 Å². The molecule has 0 aliphatic heterocycles. The van der Waals surface area contributed by atoms with Crippen molar-refractivity contribution >= 4 is 51.0 Å². The van der Waals surface area contributed by atoms with Gasteiger partial charge in [0.25, 0.3) is 5.91 Å². The maximum Gasteiger partial charge on any atom is 0.271 e. The van der Waals surface area contributed by atoms with Gasteiger partial charge >= 0.3 is 0 Å². The van der Waals surface area contributed by atoms with Gasteiger partial charge in [-0.25, -0.2) is 13.8 Å². The standard InChI is InChI=1S/C22H22Cl2N4O3S/c1-14-11-17(15(2)28(14)19-9-10-20(23)21(24)12-19)13-25-26-22(29)16-5-7-18(8-6-16)27(3)32(4,30)31/h5-13H,1-4H3,(H,26,29)/b25-13-. The zero-order valence-electron chi connectivity index (χ0n) is 17.9. The topological polar surface area (TPSA) is 83.8 Å². The highest BCUT2D eigenvalue weighted by Crippen LogP contribution is 2.27. The van der Waals surface area contributed by atoms with Crippen LogP contribution in [-0.4, -0.2) is 38.4 Å². The van der Waals surface area contributed by atoms with Gasteiger partial charge in [-0.15, -0.1) is 0 Å². The Morgan fingerprint density at radius 1 is 1.06 bits per heavy atom. The Bertz CT molecular complexity index is 1300. The molecule has 0 spiro atoms. The van der Waals surface area contributed by atoms with E-state index in [2.05, 4.69) is 10.5 Å². The number of halogens is 2. The summed E-state index contributed by atoms with van der Waals surface area (Å²) in [6.07, 6.45) is 2.68. The number of benzene rings is 2. The SMILES string of the molecule is Cc1cc(/C=N\NC(=O)c2ccc(N(C)S(C)(=O)=O)cc2)c(C)n1-c1ccc(Cl)c(Cl)c1. The number of hydrazone groups is 1. The maximum absolute atomic E-state index is 12.4. The summed E-state index contributed by atoms with van der Waals surface area (Å²) in [6, 6.07) is 13.6. The molecule has 1 amide bonds. The molecule has 0 aliphatic rings. The summed E-state index contributed by atoms with van der Waals surface area (Å²) in [7, 11) is -1.92. The molecule has 10 heteroatoms. The molecule has 1 heterocycles. The predicted molar refractivity (Wildman–Crippen MR) is 130 cm³/mol. The number of hydrogen-bond donors (Lipinski definition) is 1. The molecule has 1 aromatic heterocycles. The first kappa shape index (κ1) is 23.8. The summed E-state index contributed by atoms with van der Waals surface area (Å²) < 4.78 is 26.4. The zero-order chi connectivity index (χ0) is 23.6. The van der Waals surface area contributed by atoms with Gasteiger partial charge in [-0.05, 0) is 62.4 Å². The smallest absolute Gasteiger partial charge is 0.271 e. The van der Waals surface area contributed by atoms with Crippen LogP contribution in [0.25, 0.3) is 5.69 Å². The molecule has 0 aliphatic carbocycles. The van der Waals surface area contributed by atoms with Gasteiger partial charge in [-0.1, -0.05) is 23.2 Å². The van der Waals surface area contributed by atoms with E-state index in [1.54, 1.807) is 30.5 Å². The second kappa shape index (κ2) is 9.36. The van der Waals surface area contributed by atoms with Crippen LogP contribution in [0.2, 0.25) is 10.0 Å². The van der Waals surface area contributed by atoms with Crippen molar-refractivity contribution < 1.29 is 13.2 Å². The van der Waals surface area contributed by atoms with E-state index < -0.39 is 15.9 Å². The Labute approximate surface area is 197 Å². The van der Waals surface area contributed by atoms with Crippen molar-refractivity contribution in [2.24, 2.45) is 5.10 Å². The third-order valence-corrected chi connectivity index (χ3v) is 6.94. The Hall–Kier alpha value is -2.81. The van der Waals surface area contributed by atoms with Crippen LogP contribution in [0.1, 0.15) is 27.3 Å². The molecule has 3 rings (SSSR count). The van der Waals surface area contributed by atoms with E-state index in [1.807, 2.05) is 30.5 Å². The second-order valence-electron chi connectivity index (χ2n) is 7.24. The third kappa shape index (κ3) is 5.15. The number of aryl methyl sites for hydroxylation is 1. The highest BCUT2D eigenvalue weighted by atomic mass is 35.5. The Morgan fingerprint density at radius 3 is 2.31 bits per heavy atom. The largest absolute Gasteiger partial charge is 0.318 e. The van der Waals surface area contributed by atoms with Gasteiger partial charge in [0.1, 0.15) is 0 Å². The lowest BCUT2D eigenvalue weighted by Gasteiger charge is -2.16. The molecule has 1 N–H and O–H groups in total. The summed E-state index contributed by atoms with van der Waals surface area (Å²) in [6.45, 7) is 3.90. The third-order valence-electron chi connectivity index (χ3n) is 4.99. The Morgan fingerprint density at radius 2 is 1.72 bits per heavy atom. The van der Waals surface area contributed by atoms with Gasteiger partial charge in [0, 0.05) is 35.2 Å². The molecule has 0 saturated carbocycles. The minimum absolute atomic E-state index is 0.356. The number of anilines is 1. The molecule has 3 aromatic rings. The van der Waals surface area contributed by atoms with E-state index in [4.69, 9.17) is 23.2 Å². The number of hydrogen-bond acceptors (Lipinski definition) is 4. The lowest BCUT2D eigenvalue weighted by Crippen LogP contribution is -2.25. The van der Waals surface area contributed by atoms with Crippen molar-refractivity contribution in [1.29, 1.82) is 0 Å². The summed E-state index contributed by atoms with van der Waals surface area (Å²) in [5, 5.41) is 5.01. The number of nitrogens with zero attached hydrogens (tertiary/aromatic N) is 3. The van der Waals surface area contributed by atoms with Crippen LogP contribution in [0.3, 0.4) is 0 Å². The zero-order valence-corrected chi connectivity index (χ0v) is 20.3. The first-order valence-corrected chi connectivity index (χ1v) is 12.1. The van der Waals surface area contributed by atoms with Crippen LogP contribution in [0.5, 0.6) is 0 Å². The molecule has 168 valence electrons. The van der Waals surface area contributed by atoms with Crippen LogP contribution >= 0.6 is 23.2 Å². The molecule has 0 fully saturated rings. The number of sulfonamides is 1. The van der Waals surface area contributed by atoms with Crippen molar-refractivity contribution in [3.05, 3.63) is 81.1 Å². The predicted octanol–water partition coefficient (Wildman–Crippen LogP) is 4.56. The lowest BCUT2D eigenvalue weighted by molar-refractivity contribution is 0.0955. The van der Waals surface area contributed by atoms with E-state index >= 15 is 0 Å². The van der Waals surface area contributed by atoms with Crippen LogP contribution in [0, 0.1) is 13.8 Å². The van der Waals surface area contributed by atoms with Crippen molar-refractivity contribution in [2.45, 2.75) is 13.8 Å². The average molecular weight is 493 g/mol. The highest BCUT2D eigenvalue weighted by molar-refractivity contribution is 7.92. The van der Waals surface area contributed by atoms with Crippen LogP contribution < -0.4 is 9.73 Å². The number of rotatable bonds is 6. The average Bonchev–Trinajstić information content (AvgIpc) is 3.02. The Balaban J connectivity index is 1.74. The van der Waals surface area contributed by atoms with Gasteiger partial charge < -0.3 is 4.57 Å². The number of amides is 1. The van der Waals surface area contributed by atoms with E-state index in [0.717, 1.165) is 33.2 Å². The molecule has 0 atom stereocenters. The molecule has 2 aromatic carbocycles. The van der Waals surface area contributed by atoms with E-state index in [9.17, 15) is 13.2 Å². The first-order chi connectivity index (χ1) is 15.0. The van der Waals surface area contributed by atoms with Crippen molar-refractivity contribution in [2.75, 3.05) is 17.6 Å². The molecule has 0 unspecified atom stereocenters. The number of carbonyl (C=O) groups excluding carboxylic acids is 1.